The molecule has 21 heavy (non-hydrogen) atoms. The summed E-state index contributed by atoms with van der Waals surface area (Å²) in [4.78, 5) is 11.9. The van der Waals surface area contributed by atoms with Gasteiger partial charge in [0.2, 0.25) is 5.91 Å². The smallest absolute Gasteiger partial charge is 0.220 e. The Balaban J connectivity index is 1.76. The van der Waals surface area contributed by atoms with Crippen molar-refractivity contribution in [3.05, 3.63) is 28.8 Å². The third-order valence-electron chi connectivity index (χ3n) is 3.96. The van der Waals surface area contributed by atoms with Crippen molar-refractivity contribution in [2.24, 2.45) is 5.92 Å². The van der Waals surface area contributed by atoms with E-state index in [9.17, 15) is 4.79 Å². The first-order valence-corrected chi connectivity index (χ1v) is 7.86. The Hall–Kier alpha value is -1.26. The van der Waals surface area contributed by atoms with Crippen molar-refractivity contribution in [1.82, 2.24) is 10.6 Å². The van der Waals surface area contributed by atoms with Crippen LogP contribution in [0.5, 0.6) is 5.75 Å². The summed E-state index contributed by atoms with van der Waals surface area (Å²) in [5.41, 5.74) is 0.903. The van der Waals surface area contributed by atoms with Gasteiger partial charge in [0.25, 0.3) is 0 Å². The van der Waals surface area contributed by atoms with Crippen molar-refractivity contribution < 1.29 is 9.53 Å². The first-order chi connectivity index (χ1) is 10.2. The van der Waals surface area contributed by atoms with Gasteiger partial charge in [-0.3, -0.25) is 4.79 Å². The highest BCUT2D eigenvalue weighted by molar-refractivity contribution is 6.30. The van der Waals surface area contributed by atoms with E-state index in [1.54, 1.807) is 13.2 Å². The first kappa shape index (κ1) is 16.1. The molecule has 0 aliphatic carbocycles. The number of carbonyl (C=O) groups is 1. The van der Waals surface area contributed by atoms with Crippen molar-refractivity contribution in [3.8, 4) is 5.75 Å². The van der Waals surface area contributed by atoms with E-state index in [0.29, 0.717) is 23.9 Å². The maximum Gasteiger partial charge on any atom is 0.220 e. The average molecular weight is 311 g/mol. The average Bonchev–Trinajstić information content (AvgIpc) is 2.52. The van der Waals surface area contributed by atoms with Crippen LogP contribution in [0, 0.1) is 5.92 Å². The van der Waals surface area contributed by atoms with Crippen LogP contribution in [-0.2, 0) is 11.3 Å². The number of carbonyl (C=O) groups excluding carboxylic acids is 1. The molecule has 0 spiro atoms. The van der Waals surface area contributed by atoms with Crippen molar-refractivity contribution in [2.75, 3.05) is 20.2 Å². The van der Waals surface area contributed by atoms with Gasteiger partial charge in [-0.05, 0) is 56.5 Å². The highest BCUT2D eigenvalue weighted by Gasteiger charge is 2.14. The van der Waals surface area contributed by atoms with Gasteiger partial charge in [-0.25, -0.2) is 0 Å². The van der Waals surface area contributed by atoms with Crippen LogP contribution in [0.15, 0.2) is 18.2 Å². The maximum atomic E-state index is 11.9. The number of benzene rings is 1. The zero-order valence-corrected chi connectivity index (χ0v) is 13.2. The molecule has 0 radical (unpaired) electrons. The molecule has 1 heterocycles. The van der Waals surface area contributed by atoms with Crippen LogP contribution in [-0.4, -0.2) is 26.1 Å². The first-order valence-electron chi connectivity index (χ1n) is 7.49. The minimum absolute atomic E-state index is 0.0931. The quantitative estimate of drug-likeness (QED) is 0.849. The van der Waals surface area contributed by atoms with E-state index in [2.05, 4.69) is 10.6 Å². The number of hydrogen-bond donors (Lipinski definition) is 2. The minimum atomic E-state index is 0.0931. The van der Waals surface area contributed by atoms with Crippen LogP contribution < -0.4 is 15.4 Å². The highest BCUT2D eigenvalue weighted by atomic mass is 35.5. The number of rotatable bonds is 6. The fourth-order valence-corrected chi connectivity index (χ4v) is 2.87. The molecule has 4 nitrogen and oxygen atoms in total. The molecule has 0 unspecified atom stereocenters. The summed E-state index contributed by atoms with van der Waals surface area (Å²) in [5.74, 6) is 1.52. The molecule has 2 rings (SSSR count). The molecule has 5 heteroatoms. The number of ether oxygens (including phenoxy) is 1. The predicted molar refractivity (Wildman–Crippen MR) is 84.7 cm³/mol. The minimum Gasteiger partial charge on any atom is -0.496 e. The molecule has 1 aromatic carbocycles. The van der Waals surface area contributed by atoms with Crippen LogP contribution >= 0.6 is 11.6 Å². The van der Waals surface area contributed by atoms with E-state index in [4.69, 9.17) is 16.3 Å². The van der Waals surface area contributed by atoms with E-state index >= 15 is 0 Å². The summed E-state index contributed by atoms with van der Waals surface area (Å²) in [6, 6.07) is 5.43. The fraction of sp³-hybridized carbons (Fsp3) is 0.562. The molecular weight excluding hydrogens is 288 g/mol. The Bertz CT molecular complexity index is 473. The molecule has 0 atom stereocenters. The van der Waals surface area contributed by atoms with Gasteiger partial charge in [-0.2, -0.15) is 0 Å². The Morgan fingerprint density at radius 2 is 2.19 bits per heavy atom. The van der Waals surface area contributed by atoms with E-state index in [-0.39, 0.29) is 5.91 Å². The lowest BCUT2D eigenvalue weighted by atomic mass is 9.93. The standard InChI is InChI=1S/C16H23ClN2O2/c1-21-15-4-3-14(17)10-13(15)11-19-16(20)5-2-12-6-8-18-9-7-12/h3-4,10,12,18H,2,5-9,11H2,1H3,(H,19,20). The van der Waals surface area contributed by atoms with Gasteiger partial charge in [0.15, 0.2) is 0 Å². The summed E-state index contributed by atoms with van der Waals surface area (Å²) in [6.07, 6.45) is 3.92. The van der Waals surface area contributed by atoms with Crippen LogP contribution in [0.3, 0.4) is 0 Å². The van der Waals surface area contributed by atoms with Crippen molar-refractivity contribution >= 4 is 17.5 Å². The van der Waals surface area contributed by atoms with Crippen LogP contribution in [0.2, 0.25) is 5.02 Å². The molecule has 0 saturated carbocycles. The van der Waals surface area contributed by atoms with Gasteiger partial charge in [0, 0.05) is 23.6 Å². The van der Waals surface area contributed by atoms with Gasteiger partial charge in [0.05, 0.1) is 7.11 Å². The summed E-state index contributed by atoms with van der Waals surface area (Å²) in [5, 5.41) is 6.94. The van der Waals surface area contributed by atoms with Gasteiger partial charge >= 0.3 is 0 Å². The molecular formula is C16H23ClN2O2. The normalized spacial score (nSPS) is 15.7. The Kier molecular flexibility index (Phi) is 6.33. The monoisotopic (exact) mass is 310 g/mol. The van der Waals surface area contributed by atoms with Crippen LogP contribution in [0.1, 0.15) is 31.2 Å². The number of nitrogens with one attached hydrogen (secondary N) is 2. The van der Waals surface area contributed by atoms with Gasteiger partial charge in [0.1, 0.15) is 5.75 Å². The molecule has 1 aromatic rings. The predicted octanol–water partition coefficient (Wildman–Crippen LogP) is 2.74. The summed E-state index contributed by atoms with van der Waals surface area (Å²) < 4.78 is 5.27. The zero-order chi connectivity index (χ0) is 15.1. The van der Waals surface area contributed by atoms with Gasteiger partial charge in [-0.15, -0.1) is 0 Å². The number of amides is 1. The van der Waals surface area contributed by atoms with Crippen LogP contribution in [0.25, 0.3) is 0 Å². The lowest BCUT2D eigenvalue weighted by Crippen LogP contribution is -2.29. The van der Waals surface area contributed by atoms with Gasteiger partial charge < -0.3 is 15.4 Å². The second-order valence-corrected chi connectivity index (χ2v) is 5.90. The molecule has 1 aliphatic rings. The molecule has 116 valence electrons. The van der Waals surface area contributed by atoms with E-state index in [1.807, 2.05) is 12.1 Å². The number of hydrogen-bond acceptors (Lipinski definition) is 3. The number of piperidine rings is 1. The highest BCUT2D eigenvalue weighted by Crippen LogP contribution is 2.22. The molecule has 2 N–H and O–H groups in total. The molecule has 1 aliphatic heterocycles. The van der Waals surface area contributed by atoms with E-state index < -0.39 is 0 Å². The van der Waals surface area contributed by atoms with Gasteiger partial charge in [-0.1, -0.05) is 11.6 Å². The van der Waals surface area contributed by atoms with Crippen molar-refractivity contribution in [2.45, 2.75) is 32.2 Å². The lowest BCUT2D eigenvalue weighted by Gasteiger charge is -2.22. The van der Waals surface area contributed by atoms with E-state index in [1.165, 1.54) is 12.8 Å². The zero-order valence-electron chi connectivity index (χ0n) is 12.5. The largest absolute Gasteiger partial charge is 0.496 e. The van der Waals surface area contributed by atoms with Crippen molar-refractivity contribution in [3.63, 3.8) is 0 Å². The third kappa shape index (κ3) is 5.21. The lowest BCUT2D eigenvalue weighted by molar-refractivity contribution is -0.121. The maximum absolute atomic E-state index is 11.9. The SMILES string of the molecule is COc1ccc(Cl)cc1CNC(=O)CCC1CCNCC1. The Morgan fingerprint density at radius 3 is 2.90 bits per heavy atom. The summed E-state index contributed by atoms with van der Waals surface area (Å²) >= 11 is 5.98. The second kappa shape index (κ2) is 8.25. The topological polar surface area (TPSA) is 50.4 Å². The second-order valence-electron chi connectivity index (χ2n) is 5.46. The molecule has 1 fully saturated rings. The Labute approximate surface area is 131 Å². The Morgan fingerprint density at radius 1 is 1.43 bits per heavy atom. The summed E-state index contributed by atoms with van der Waals surface area (Å²) in [6.45, 7) is 2.60. The number of halogens is 1. The summed E-state index contributed by atoms with van der Waals surface area (Å²) in [7, 11) is 1.62. The van der Waals surface area contributed by atoms with Crippen molar-refractivity contribution in [1.29, 1.82) is 0 Å². The van der Waals surface area contributed by atoms with E-state index in [0.717, 1.165) is 30.8 Å². The number of methoxy groups -OCH3 is 1. The molecule has 0 bridgehead atoms. The molecule has 1 saturated heterocycles. The fourth-order valence-electron chi connectivity index (χ4n) is 2.67. The molecule has 0 aromatic heterocycles. The molecule has 1 amide bonds. The van der Waals surface area contributed by atoms with Crippen LogP contribution in [0.4, 0.5) is 0 Å². The third-order valence-corrected chi connectivity index (χ3v) is 4.19.